The van der Waals surface area contributed by atoms with E-state index in [1.807, 2.05) is 0 Å². The van der Waals surface area contributed by atoms with Crippen LogP contribution in [0.4, 0.5) is 0 Å². The Morgan fingerprint density at radius 3 is 1.73 bits per heavy atom. The SMILES string of the molecule is COS(=O)(=O)C12CC3CC(CC(C3)C1)C2. The second kappa shape index (κ2) is 2.98. The third-order valence-electron chi connectivity index (χ3n) is 4.73. The van der Waals surface area contributed by atoms with Crippen LogP contribution in [0.1, 0.15) is 38.5 Å². The van der Waals surface area contributed by atoms with Crippen LogP contribution < -0.4 is 0 Å². The van der Waals surface area contributed by atoms with Crippen LogP contribution in [0.2, 0.25) is 0 Å². The molecule has 4 saturated carbocycles. The molecule has 0 unspecified atom stereocenters. The molecule has 4 fully saturated rings. The van der Waals surface area contributed by atoms with E-state index in [9.17, 15) is 8.42 Å². The highest BCUT2D eigenvalue weighted by molar-refractivity contribution is 7.88. The van der Waals surface area contributed by atoms with Crippen LogP contribution >= 0.6 is 0 Å². The normalized spacial score (nSPS) is 48.5. The Balaban J connectivity index is 2.00. The molecule has 0 amide bonds. The first-order chi connectivity index (χ1) is 7.05. The Kier molecular flexibility index (Phi) is 2.00. The average molecular weight is 230 g/mol. The van der Waals surface area contributed by atoms with Gasteiger partial charge in [-0.15, -0.1) is 0 Å². The maximum Gasteiger partial charge on any atom is 0.272 e. The van der Waals surface area contributed by atoms with Crippen LogP contribution in [-0.2, 0) is 14.3 Å². The highest BCUT2D eigenvalue weighted by Gasteiger charge is 2.57. The molecule has 4 aliphatic carbocycles. The van der Waals surface area contributed by atoms with Crippen LogP contribution in [0.25, 0.3) is 0 Å². The van der Waals surface area contributed by atoms with Crippen molar-refractivity contribution in [3.05, 3.63) is 0 Å². The van der Waals surface area contributed by atoms with Gasteiger partial charge in [0.15, 0.2) is 0 Å². The van der Waals surface area contributed by atoms with E-state index in [0.29, 0.717) is 17.8 Å². The van der Waals surface area contributed by atoms with Crippen molar-refractivity contribution in [2.75, 3.05) is 7.11 Å². The molecule has 0 saturated heterocycles. The Labute approximate surface area is 91.3 Å². The third-order valence-corrected chi connectivity index (χ3v) is 6.73. The lowest BCUT2D eigenvalue weighted by Crippen LogP contribution is -2.54. The summed E-state index contributed by atoms with van der Waals surface area (Å²) in [6.45, 7) is 0. The van der Waals surface area contributed by atoms with Gasteiger partial charge in [0.1, 0.15) is 0 Å². The Bertz CT molecular complexity index is 336. The second-order valence-electron chi connectivity index (χ2n) is 5.72. The molecule has 0 spiro atoms. The van der Waals surface area contributed by atoms with Crippen LogP contribution in [0.3, 0.4) is 0 Å². The van der Waals surface area contributed by atoms with E-state index in [4.69, 9.17) is 4.18 Å². The van der Waals surface area contributed by atoms with Gasteiger partial charge >= 0.3 is 0 Å². The van der Waals surface area contributed by atoms with Gasteiger partial charge in [-0.2, -0.15) is 8.42 Å². The number of hydrogen-bond acceptors (Lipinski definition) is 3. The summed E-state index contributed by atoms with van der Waals surface area (Å²) >= 11 is 0. The Morgan fingerprint density at radius 2 is 1.40 bits per heavy atom. The molecule has 4 heteroatoms. The van der Waals surface area contributed by atoms with Crippen LogP contribution in [0, 0.1) is 17.8 Å². The fraction of sp³-hybridized carbons (Fsp3) is 1.00. The zero-order chi connectivity index (χ0) is 10.7. The summed E-state index contributed by atoms with van der Waals surface area (Å²) in [6.07, 6.45) is 6.36. The van der Waals surface area contributed by atoms with Crippen molar-refractivity contribution in [2.24, 2.45) is 17.8 Å². The van der Waals surface area contributed by atoms with Gasteiger partial charge in [0.2, 0.25) is 0 Å². The van der Waals surface area contributed by atoms with Crippen molar-refractivity contribution in [3.63, 3.8) is 0 Å². The lowest BCUT2D eigenvalue weighted by Gasteiger charge is -2.55. The quantitative estimate of drug-likeness (QED) is 0.681. The molecule has 4 rings (SSSR count). The molecule has 0 N–H and O–H groups in total. The summed E-state index contributed by atoms with van der Waals surface area (Å²) in [5.41, 5.74) is 0. The minimum Gasteiger partial charge on any atom is -0.273 e. The number of hydrogen-bond donors (Lipinski definition) is 0. The highest BCUT2D eigenvalue weighted by Crippen LogP contribution is 2.58. The first-order valence-corrected chi connectivity index (χ1v) is 7.26. The molecule has 0 aliphatic heterocycles. The van der Waals surface area contributed by atoms with Gasteiger partial charge in [-0.1, -0.05) is 0 Å². The average Bonchev–Trinajstić information content (AvgIpc) is 2.15. The smallest absolute Gasteiger partial charge is 0.272 e. The maximum absolute atomic E-state index is 12.0. The summed E-state index contributed by atoms with van der Waals surface area (Å²) in [4.78, 5) is 0. The van der Waals surface area contributed by atoms with Gasteiger partial charge in [0, 0.05) is 0 Å². The fourth-order valence-electron chi connectivity index (χ4n) is 4.51. The molecule has 0 aromatic heterocycles. The topological polar surface area (TPSA) is 43.4 Å². The van der Waals surface area contributed by atoms with Crippen LogP contribution in [0.5, 0.6) is 0 Å². The van der Waals surface area contributed by atoms with E-state index >= 15 is 0 Å². The van der Waals surface area contributed by atoms with Gasteiger partial charge in [-0.05, 0) is 56.3 Å². The zero-order valence-corrected chi connectivity index (χ0v) is 9.92. The van der Waals surface area contributed by atoms with Crippen molar-refractivity contribution in [1.82, 2.24) is 0 Å². The Hall–Kier alpha value is -0.0900. The monoisotopic (exact) mass is 230 g/mol. The lowest BCUT2D eigenvalue weighted by atomic mass is 9.56. The first-order valence-electron chi connectivity index (χ1n) is 5.85. The van der Waals surface area contributed by atoms with E-state index in [1.165, 1.54) is 26.4 Å². The minimum absolute atomic E-state index is 0.503. The van der Waals surface area contributed by atoms with Crippen molar-refractivity contribution >= 4 is 10.1 Å². The minimum atomic E-state index is -3.32. The molecule has 15 heavy (non-hydrogen) atoms. The van der Waals surface area contributed by atoms with E-state index in [1.54, 1.807) is 0 Å². The molecule has 0 heterocycles. The van der Waals surface area contributed by atoms with E-state index in [0.717, 1.165) is 19.3 Å². The molecule has 86 valence electrons. The van der Waals surface area contributed by atoms with Gasteiger partial charge < -0.3 is 0 Å². The fourth-order valence-corrected chi connectivity index (χ4v) is 6.19. The maximum atomic E-state index is 12.0. The first kappa shape index (κ1) is 10.1. The molecular weight excluding hydrogens is 212 g/mol. The predicted molar refractivity (Wildman–Crippen MR) is 56.8 cm³/mol. The second-order valence-corrected chi connectivity index (χ2v) is 7.83. The molecule has 0 aromatic rings. The van der Waals surface area contributed by atoms with Crippen LogP contribution in [0.15, 0.2) is 0 Å². The molecule has 0 radical (unpaired) electrons. The summed E-state index contributed by atoms with van der Waals surface area (Å²) in [6, 6.07) is 0. The summed E-state index contributed by atoms with van der Waals surface area (Å²) in [7, 11) is -2.00. The van der Waals surface area contributed by atoms with Crippen molar-refractivity contribution in [2.45, 2.75) is 43.3 Å². The van der Waals surface area contributed by atoms with Crippen molar-refractivity contribution < 1.29 is 12.6 Å². The molecule has 4 bridgehead atoms. The molecule has 0 aromatic carbocycles. The summed E-state index contributed by atoms with van der Waals surface area (Å²) < 4.78 is 28.4. The predicted octanol–water partition coefficient (Wildman–Crippen LogP) is 1.93. The Morgan fingerprint density at radius 1 is 1.00 bits per heavy atom. The molecule has 3 nitrogen and oxygen atoms in total. The standard InChI is InChI=1S/C11H18O3S/c1-14-15(12,13)11-5-8-2-9(6-11)4-10(3-8)7-11/h8-10H,2-7H2,1H3. The van der Waals surface area contributed by atoms with E-state index in [-0.39, 0.29) is 0 Å². The van der Waals surface area contributed by atoms with Gasteiger partial charge in [0.25, 0.3) is 10.1 Å². The third kappa shape index (κ3) is 1.30. The number of rotatable bonds is 2. The molecule has 4 aliphatic rings. The van der Waals surface area contributed by atoms with Gasteiger partial charge in [-0.3, -0.25) is 4.18 Å². The summed E-state index contributed by atoms with van der Waals surface area (Å²) in [5, 5.41) is 0. The van der Waals surface area contributed by atoms with Crippen molar-refractivity contribution in [1.29, 1.82) is 0 Å². The van der Waals surface area contributed by atoms with Gasteiger partial charge in [-0.25, -0.2) is 0 Å². The highest BCUT2D eigenvalue weighted by atomic mass is 32.2. The lowest BCUT2D eigenvalue weighted by molar-refractivity contribution is 0.0293. The van der Waals surface area contributed by atoms with Crippen LogP contribution in [-0.4, -0.2) is 20.3 Å². The van der Waals surface area contributed by atoms with E-state index < -0.39 is 14.9 Å². The molecular formula is C11H18O3S. The molecule has 0 atom stereocenters. The van der Waals surface area contributed by atoms with Crippen molar-refractivity contribution in [3.8, 4) is 0 Å². The summed E-state index contributed by atoms with van der Waals surface area (Å²) in [5.74, 6) is 1.96. The zero-order valence-electron chi connectivity index (χ0n) is 9.11. The van der Waals surface area contributed by atoms with Gasteiger partial charge in [0.05, 0.1) is 11.9 Å². The van der Waals surface area contributed by atoms with E-state index in [2.05, 4.69) is 0 Å². The largest absolute Gasteiger partial charge is 0.273 e.